The van der Waals surface area contributed by atoms with Gasteiger partial charge in [-0.2, -0.15) is 5.26 Å². The maximum absolute atomic E-state index is 10.1. The molecule has 0 spiro atoms. The second kappa shape index (κ2) is 6.34. The minimum absolute atomic E-state index is 0.191. The molecule has 1 fully saturated rings. The predicted octanol–water partition coefficient (Wildman–Crippen LogP) is 2.03. The minimum atomic E-state index is -0.903. The molecule has 0 radical (unpaired) electrons. The van der Waals surface area contributed by atoms with E-state index in [4.69, 9.17) is 0 Å². The highest BCUT2D eigenvalue weighted by Crippen LogP contribution is 2.30. The van der Waals surface area contributed by atoms with E-state index < -0.39 is 5.72 Å². The molecule has 3 rings (SSSR count). The molecule has 2 aromatic rings. The number of piperidine rings is 1. The fourth-order valence-corrected chi connectivity index (χ4v) is 3.54. The summed E-state index contributed by atoms with van der Waals surface area (Å²) in [4.78, 5) is 11.1. The Morgan fingerprint density at radius 1 is 1.25 bits per heavy atom. The number of hydrogen-bond acceptors (Lipinski definition) is 6. The first-order chi connectivity index (χ1) is 11.4. The van der Waals surface area contributed by atoms with Gasteiger partial charge in [0.05, 0.1) is 11.3 Å². The Morgan fingerprint density at radius 2 is 1.96 bits per heavy atom. The summed E-state index contributed by atoms with van der Waals surface area (Å²) < 4.78 is 0. The van der Waals surface area contributed by atoms with E-state index >= 15 is 0 Å². The van der Waals surface area contributed by atoms with Crippen molar-refractivity contribution in [2.45, 2.75) is 39.0 Å². The summed E-state index contributed by atoms with van der Waals surface area (Å²) in [6, 6.07) is 6.14. The Balaban J connectivity index is 1.96. The van der Waals surface area contributed by atoms with Crippen LogP contribution in [0.4, 0.5) is 5.69 Å². The number of aliphatic hydroxyl groups is 1. The van der Waals surface area contributed by atoms with Crippen molar-refractivity contribution >= 4 is 16.7 Å². The number of nitrogens with zero attached hydrogens (tertiary/aromatic N) is 4. The highest BCUT2D eigenvalue weighted by Gasteiger charge is 2.29. The quantitative estimate of drug-likeness (QED) is 0.840. The largest absolute Gasteiger partial charge is 0.376 e. The molecular formula is C18H23N5O. The molecule has 1 aromatic heterocycles. The van der Waals surface area contributed by atoms with Gasteiger partial charge in [-0.3, -0.25) is 15.3 Å². The highest BCUT2D eigenvalue weighted by atomic mass is 16.3. The molecule has 1 aliphatic rings. The lowest BCUT2D eigenvalue weighted by molar-refractivity contribution is 0.0267. The van der Waals surface area contributed by atoms with Crippen LogP contribution >= 0.6 is 0 Å². The van der Waals surface area contributed by atoms with E-state index in [1.807, 2.05) is 12.1 Å². The minimum Gasteiger partial charge on any atom is -0.376 e. The van der Waals surface area contributed by atoms with Crippen molar-refractivity contribution < 1.29 is 5.11 Å². The van der Waals surface area contributed by atoms with Gasteiger partial charge in [0.2, 0.25) is 0 Å². The van der Waals surface area contributed by atoms with E-state index in [0.29, 0.717) is 17.0 Å². The summed E-state index contributed by atoms with van der Waals surface area (Å²) in [6.45, 7) is 7.44. The van der Waals surface area contributed by atoms with Crippen LogP contribution < -0.4 is 10.2 Å². The lowest BCUT2D eigenvalue weighted by Gasteiger charge is -2.40. The van der Waals surface area contributed by atoms with Gasteiger partial charge in [-0.25, -0.2) is 0 Å². The Bertz CT molecular complexity index is 777. The molecule has 6 nitrogen and oxygen atoms in total. The molecule has 0 aliphatic carbocycles. The van der Waals surface area contributed by atoms with Crippen LogP contribution in [0.5, 0.6) is 0 Å². The van der Waals surface area contributed by atoms with Crippen LogP contribution in [0.25, 0.3) is 11.0 Å². The molecule has 2 heterocycles. The smallest absolute Gasteiger partial charge is 0.113 e. The van der Waals surface area contributed by atoms with Gasteiger partial charge in [0.1, 0.15) is 22.8 Å². The normalized spacial score (nSPS) is 21.7. The molecule has 2 atom stereocenters. The van der Waals surface area contributed by atoms with Gasteiger partial charge in [-0.1, -0.05) is 6.92 Å². The van der Waals surface area contributed by atoms with Crippen molar-refractivity contribution in [2.24, 2.45) is 5.92 Å². The van der Waals surface area contributed by atoms with Crippen molar-refractivity contribution in [2.75, 3.05) is 18.0 Å². The zero-order chi connectivity index (χ0) is 17.3. The molecule has 2 N–H and O–H groups in total. The van der Waals surface area contributed by atoms with Crippen LogP contribution in [0, 0.1) is 17.2 Å². The Labute approximate surface area is 142 Å². The van der Waals surface area contributed by atoms with Crippen LogP contribution in [-0.4, -0.2) is 39.9 Å². The third-order valence-corrected chi connectivity index (χ3v) is 4.28. The third-order valence-electron chi connectivity index (χ3n) is 4.28. The zero-order valence-electron chi connectivity index (χ0n) is 14.3. The van der Waals surface area contributed by atoms with Gasteiger partial charge in [0.15, 0.2) is 0 Å². The predicted molar refractivity (Wildman–Crippen MR) is 93.5 cm³/mol. The molecule has 6 heteroatoms. The van der Waals surface area contributed by atoms with Crippen molar-refractivity contribution in [3.8, 4) is 6.07 Å². The van der Waals surface area contributed by atoms with Gasteiger partial charge < -0.3 is 10.0 Å². The molecule has 0 amide bonds. The van der Waals surface area contributed by atoms with Crippen molar-refractivity contribution in [3.05, 3.63) is 30.1 Å². The molecule has 1 aromatic carbocycles. The lowest BCUT2D eigenvalue weighted by atomic mass is 9.94. The summed E-state index contributed by atoms with van der Waals surface area (Å²) in [7, 11) is 0. The molecule has 24 heavy (non-hydrogen) atoms. The molecule has 0 unspecified atom stereocenters. The third kappa shape index (κ3) is 3.48. The fourth-order valence-electron chi connectivity index (χ4n) is 3.54. The molecule has 0 bridgehead atoms. The van der Waals surface area contributed by atoms with Gasteiger partial charge >= 0.3 is 0 Å². The number of anilines is 1. The van der Waals surface area contributed by atoms with Crippen LogP contribution in [0.1, 0.15) is 32.8 Å². The molecule has 126 valence electrons. The van der Waals surface area contributed by atoms with E-state index in [1.165, 1.54) is 0 Å². The van der Waals surface area contributed by atoms with Gasteiger partial charge in [0.25, 0.3) is 0 Å². The lowest BCUT2D eigenvalue weighted by Crippen LogP contribution is -2.55. The monoisotopic (exact) mass is 325 g/mol. The van der Waals surface area contributed by atoms with Crippen LogP contribution in [-0.2, 0) is 0 Å². The Hall–Kier alpha value is -2.23. The van der Waals surface area contributed by atoms with Gasteiger partial charge in [-0.15, -0.1) is 0 Å². The first-order valence-electron chi connectivity index (χ1n) is 8.26. The molecule has 1 saturated heterocycles. The van der Waals surface area contributed by atoms with E-state index in [9.17, 15) is 10.4 Å². The van der Waals surface area contributed by atoms with Gasteiger partial charge in [0, 0.05) is 31.5 Å². The first kappa shape index (κ1) is 16.6. The summed E-state index contributed by atoms with van der Waals surface area (Å²) >= 11 is 0. The van der Waals surface area contributed by atoms with Crippen LogP contribution in [0.3, 0.4) is 0 Å². The number of benzene rings is 1. The Kier molecular flexibility index (Phi) is 4.39. The summed E-state index contributed by atoms with van der Waals surface area (Å²) in [5.74, 6) is 0.487. The average molecular weight is 325 g/mol. The summed E-state index contributed by atoms with van der Waals surface area (Å²) in [5, 5.41) is 22.6. The summed E-state index contributed by atoms with van der Waals surface area (Å²) in [6.07, 6.45) is 4.29. The maximum Gasteiger partial charge on any atom is 0.113 e. The number of fused-ring (bicyclic) bond motifs is 1. The number of nitrogens with one attached hydrogen (secondary N) is 1. The van der Waals surface area contributed by atoms with Crippen LogP contribution in [0.2, 0.25) is 0 Å². The van der Waals surface area contributed by atoms with Gasteiger partial charge in [-0.05, 0) is 38.3 Å². The second-order valence-electron chi connectivity index (χ2n) is 7.14. The number of nitriles is 1. The van der Waals surface area contributed by atoms with Crippen molar-refractivity contribution in [3.63, 3.8) is 0 Å². The molecule has 0 saturated carbocycles. The van der Waals surface area contributed by atoms with E-state index in [1.54, 1.807) is 26.2 Å². The maximum atomic E-state index is 10.1. The second-order valence-corrected chi connectivity index (χ2v) is 7.14. The standard InChI is InChI=1S/C18H23N5O/c1-12-8-14(22-18(2,3)24)11-23(10-12)15-5-4-13(9-19)16-17(15)21-7-6-20-16/h4-7,12,14,22,24H,8,10-11H2,1-3H3/t12-,14+/m0/s1. The number of rotatable bonds is 3. The van der Waals surface area contributed by atoms with Crippen molar-refractivity contribution in [1.29, 1.82) is 5.26 Å². The number of hydrogen-bond donors (Lipinski definition) is 2. The number of aromatic nitrogens is 2. The van der Waals surface area contributed by atoms with E-state index in [0.717, 1.165) is 30.7 Å². The Morgan fingerprint density at radius 3 is 2.62 bits per heavy atom. The van der Waals surface area contributed by atoms with Crippen LogP contribution in [0.15, 0.2) is 24.5 Å². The van der Waals surface area contributed by atoms with Crippen molar-refractivity contribution in [1.82, 2.24) is 15.3 Å². The zero-order valence-corrected chi connectivity index (χ0v) is 14.3. The average Bonchev–Trinajstić information content (AvgIpc) is 2.51. The fraction of sp³-hybridized carbons (Fsp3) is 0.500. The van der Waals surface area contributed by atoms with E-state index in [-0.39, 0.29) is 6.04 Å². The molecule has 1 aliphatic heterocycles. The first-order valence-corrected chi connectivity index (χ1v) is 8.26. The highest BCUT2D eigenvalue weighted by molar-refractivity contribution is 5.92. The molecular weight excluding hydrogens is 302 g/mol. The topological polar surface area (TPSA) is 85.1 Å². The summed E-state index contributed by atoms with van der Waals surface area (Å²) in [5.41, 5.74) is 2.03. The van der Waals surface area contributed by atoms with E-state index in [2.05, 4.69) is 33.2 Å². The SMILES string of the molecule is C[C@H]1C[C@@H](NC(C)(C)O)CN(c2ccc(C#N)c3nccnc23)C1.